The Labute approximate surface area is 158 Å². The van der Waals surface area contributed by atoms with Crippen LogP contribution in [0.15, 0.2) is 30.3 Å². The molecule has 2 aliphatic heterocycles. The van der Waals surface area contributed by atoms with Gasteiger partial charge in [0.05, 0.1) is 12.3 Å². The normalized spacial score (nSPS) is 21.0. The number of carbonyl (C=O) groups is 2. The van der Waals surface area contributed by atoms with Gasteiger partial charge in [-0.25, -0.2) is 13.2 Å². The predicted octanol–water partition coefficient (Wildman–Crippen LogP) is 1.20. The molecule has 3 rings (SSSR count). The van der Waals surface area contributed by atoms with Crippen LogP contribution in [-0.4, -0.2) is 63.3 Å². The summed E-state index contributed by atoms with van der Waals surface area (Å²) in [5, 5.41) is 2.71. The number of rotatable bonds is 5. The molecule has 0 spiro atoms. The molecule has 0 radical (unpaired) electrons. The first-order valence-electron chi connectivity index (χ1n) is 8.70. The summed E-state index contributed by atoms with van der Waals surface area (Å²) < 4.78 is 29.8. The molecule has 0 aliphatic carbocycles. The topological polar surface area (TPSA) is 96.0 Å². The number of ether oxygens (including phenoxy) is 1. The maximum Gasteiger partial charge on any atom is 0.414 e. The molecule has 2 aliphatic rings. The van der Waals surface area contributed by atoms with E-state index in [1.54, 1.807) is 4.90 Å². The van der Waals surface area contributed by atoms with E-state index in [9.17, 15) is 18.0 Å². The first-order valence-corrected chi connectivity index (χ1v) is 10.6. The van der Waals surface area contributed by atoms with Crippen molar-refractivity contribution in [2.45, 2.75) is 19.4 Å². The van der Waals surface area contributed by atoms with Gasteiger partial charge in [-0.1, -0.05) is 18.2 Å². The molecule has 1 aromatic carbocycles. The van der Waals surface area contributed by atoms with Crippen molar-refractivity contribution in [1.82, 2.24) is 9.62 Å². The lowest BCUT2D eigenvalue weighted by atomic mass is 10.00. The third kappa shape index (κ3) is 4.48. The maximum absolute atomic E-state index is 12.1. The molecular weight excluding hydrogens is 370 g/mol. The summed E-state index contributed by atoms with van der Waals surface area (Å²) in [6.45, 7) is 2.82. The number of hydrogen-bond donors (Lipinski definition) is 1. The van der Waals surface area contributed by atoms with Gasteiger partial charge in [-0.3, -0.25) is 9.69 Å². The molecule has 9 heteroatoms. The molecule has 2 heterocycles. The van der Waals surface area contributed by atoms with Crippen LogP contribution in [0.1, 0.15) is 18.9 Å². The number of anilines is 1. The largest absolute Gasteiger partial charge is 0.447 e. The molecule has 0 aromatic heterocycles. The summed E-state index contributed by atoms with van der Waals surface area (Å²) in [7, 11) is -3.17. The van der Waals surface area contributed by atoms with Gasteiger partial charge in [-0.05, 0) is 29.7 Å². The van der Waals surface area contributed by atoms with Gasteiger partial charge in [-0.15, -0.1) is 0 Å². The highest BCUT2D eigenvalue weighted by Crippen LogP contribution is 2.28. The highest BCUT2D eigenvalue weighted by atomic mass is 32.2. The van der Waals surface area contributed by atoms with E-state index < -0.39 is 16.1 Å². The second-order valence-electron chi connectivity index (χ2n) is 6.69. The SMILES string of the molecule is CC(=O)NCC1COC(=O)N1c1ccc(C2=CCN(S(C)(=O)=O)CC2)cc1. The van der Waals surface area contributed by atoms with Gasteiger partial charge in [0.25, 0.3) is 0 Å². The van der Waals surface area contributed by atoms with E-state index in [0.29, 0.717) is 31.7 Å². The van der Waals surface area contributed by atoms with Gasteiger partial charge < -0.3 is 10.1 Å². The number of benzene rings is 1. The molecule has 146 valence electrons. The first kappa shape index (κ1) is 19.4. The molecular formula is C18H23N3O5S. The Balaban J connectivity index is 1.72. The minimum atomic E-state index is -3.17. The average molecular weight is 393 g/mol. The van der Waals surface area contributed by atoms with Crippen LogP contribution >= 0.6 is 0 Å². The summed E-state index contributed by atoms with van der Waals surface area (Å²) in [5.74, 6) is -0.156. The van der Waals surface area contributed by atoms with Gasteiger partial charge in [0.2, 0.25) is 15.9 Å². The van der Waals surface area contributed by atoms with Gasteiger partial charge >= 0.3 is 6.09 Å². The first-order chi connectivity index (χ1) is 12.8. The van der Waals surface area contributed by atoms with Crippen molar-refractivity contribution in [3.05, 3.63) is 35.9 Å². The molecule has 27 heavy (non-hydrogen) atoms. The zero-order chi connectivity index (χ0) is 19.6. The highest BCUT2D eigenvalue weighted by Gasteiger charge is 2.34. The lowest BCUT2D eigenvalue weighted by Gasteiger charge is -2.25. The summed E-state index contributed by atoms with van der Waals surface area (Å²) >= 11 is 0. The minimum absolute atomic E-state index is 0.156. The molecule has 1 fully saturated rings. The summed E-state index contributed by atoms with van der Waals surface area (Å²) in [4.78, 5) is 24.7. The fourth-order valence-corrected chi connectivity index (χ4v) is 4.01. The van der Waals surface area contributed by atoms with Crippen molar-refractivity contribution in [2.75, 3.05) is 37.4 Å². The lowest BCUT2D eigenvalue weighted by Crippen LogP contribution is -2.42. The fourth-order valence-electron chi connectivity index (χ4n) is 3.24. The standard InChI is InChI=1S/C18H23N3O5S/c1-13(22)19-11-17-12-26-18(23)21(17)16-5-3-14(4-6-16)15-7-9-20(10-8-15)27(2,24)25/h3-7,17H,8-12H2,1-2H3,(H,19,22). The van der Waals surface area contributed by atoms with Gasteiger partial charge in [0, 0.05) is 32.2 Å². The van der Waals surface area contributed by atoms with Gasteiger partial charge in [-0.2, -0.15) is 4.31 Å². The number of sulfonamides is 1. The Hall–Kier alpha value is -2.39. The quantitative estimate of drug-likeness (QED) is 0.811. The highest BCUT2D eigenvalue weighted by molar-refractivity contribution is 7.88. The van der Waals surface area contributed by atoms with Crippen molar-refractivity contribution in [1.29, 1.82) is 0 Å². The number of nitrogens with zero attached hydrogens (tertiary/aromatic N) is 2. The van der Waals surface area contributed by atoms with Crippen molar-refractivity contribution >= 4 is 33.3 Å². The van der Waals surface area contributed by atoms with Gasteiger partial charge in [0.15, 0.2) is 0 Å². The molecule has 1 N–H and O–H groups in total. The van der Waals surface area contributed by atoms with E-state index in [1.165, 1.54) is 17.5 Å². The van der Waals surface area contributed by atoms with E-state index in [-0.39, 0.29) is 18.6 Å². The van der Waals surface area contributed by atoms with Gasteiger partial charge in [0.1, 0.15) is 6.61 Å². The number of amides is 2. The summed E-state index contributed by atoms with van der Waals surface area (Å²) in [6, 6.07) is 7.26. The predicted molar refractivity (Wildman–Crippen MR) is 102 cm³/mol. The molecule has 0 bridgehead atoms. The van der Waals surface area contributed by atoms with E-state index in [2.05, 4.69) is 5.32 Å². The van der Waals surface area contributed by atoms with Crippen LogP contribution in [0.2, 0.25) is 0 Å². The van der Waals surface area contributed by atoms with E-state index in [1.807, 2.05) is 30.3 Å². The number of cyclic esters (lactones) is 1. The molecule has 1 atom stereocenters. The van der Waals surface area contributed by atoms with Crippen molar-refractivity contribution in [3.63, 3.8) is 0 Å². The Kier molecular flexibility index (Phi) is 5.52. The lowest BCUT2D eigenvalue weighted by molar-refractivity contribution is -0.119. The Morgan fingerprint density at radius 1 is 1.30 bits per heavy atom. The van der Waals surface area contributed by atoms with Crippen LogP contribution < -0.4 is 10.2 Å². The van der Waals surface area contributed by atoms with Crippen LogP contribution in [0.4, 0.5) is 10.5 Å². The number of carbonyl (C=O) groups excluding carboxylic acids is 2. The van der Waals surface area contributed by atoms with Crippen molar-refractivity contribution < 1.29 is 22.7 Å². The smallest absolute Gasteiger partial charge is 0.414 e. The molecule has 0 saturated carbocycles. The Morgan fingerprint density at radius 2 is 2.00 bits per heavy atom. The third-order valence-electron chi connectivity index (χ3n) is 4.70. The zero-order valence-electron chi connectivity index (χ0n) is 15.3. The maximum atomic E-state index is 12.1. The minimum Gasteiger partial charge on any atom is -0.447 e. The van der Waals surface area contributed by atoms with Crippen molar-refractivity contribution in [2.24, 2.45) is 0 Å². The van der Waals surface area contributed by atoms with Crippen LogP contribution in [0.3, 0.4) is 0 Å². The zero-order valence-corrected chi connectivity index (χ0v) is 16.2. The second-order valence-corrected chi connectivity index (χ2v) is 8.67. The molecule has 2 amide bonds. The third-order valence-corrected chi connectivity index (χ3v) is 5.97. The molecule has 1 unspecified atom stereocenters. The van der Waals surface area contributed by atoms with Crippen LogP contribution in [0.25, 0.3) is 5.57 Å². The Bertz CT molecular complexity index is 863. The Morgan fingerprint density at radius 3 is 2.56 bits per heavy atom. The number of nitrogens with one attached hydrogen (secondary N) is 1. The average Bonchev–Trinajstić information content (AvgIpc) is 3.00. The molecule has 8 nitrogen and oxygen atoms in total. The second kappa shape index (κ2) is 7.69. The van der Waals surface area contributed by atoms with Crippen molar-refractivity contribution in [3.8, 4) is 0 Å². The summed E-state index contributed by atoms with van der Waals surface area (Å²) in [6.07, 6.45) is 3.35. The van der Waals surface area contributed by atoms with E-state index in [4.69, 9.17) is 4.74 Å². The van der Waals surface area contributed by atoms with Crippen LogP contribution in [0.5, 0.6) is 0 Å². The van der Waals surface area contributed by atoms with Crippen LogP contribution in [0, 0.1) is 0 Å². The molecule has 1 saturated heterocycles. The monoisotopic (exact) mass is 393 g/mol. The fraction of sp³-hybridized carbons (Fsp3) is 0.444. The van der Waals surface area contributed by atoms with E-state index in [0.717, 1.165) is 11.1 Å². The van der Waals surface area contributed by atoms with E-state index >= 15 is 0 Å². The number of hydrogen-bond acceptors (Lipinski definition) is 5. The molecule has 1 aromatic rings. The van der Waals surface area contributed by atoms with Crippen LogP contribution in [-0.2, 0) is 19.6 Å². The summed E-state index contributed by atoms with van der Waals surface area (Å²) in [5.41, 5.74) is 2.78.